The van der Waals surface area contributed by atoms with Gasteiger partial charge in [-0.05, 0) is 43.2 Å². The minimum absolute atomic E-state index is 0.526. The molecule has 110 valence electrons. The summed E-state index contributed by atoms with van der Waals surface area (Å²) in [5.74, 6) is 0.977. The first-order valence-electron chi connectivity index (χ1n) is 8.12. The van der Waals surface area contributed by atoms with E-state index in [1.807, 2.05) is 6.20 Å². The van der Waals surface area contributed by atoms with Crippen molar-refractivity contribution in [2.75, 3.05) is 6.54 Å². The standard InChI is InChI=1S/C17H27N3/c1-13(2)18-9-15-5-6-16(19-10-15)12-20(17-7-8-17)11-14-3-4-14/h5-6,10,13-14,17-18H,3-4,7-9,11-12H2,1-2H3. The molecule has 3 rings (SSSR count). The number of hydrogen-bond acceptors (Lipinski definition) is 3. The molecular formula is C17H27N3. The lowest BCUT2D eigenvalue weighted by Crippen LogP contribution is -2.28. The van der Waals surface area contributed by atoms with Crippen LogP contribution in [0, 0.1) is 5.92 Å². The lowest BCUT2D eigenvalue weighted by Gasteiger charge is -2.21. The van der Waals surface area contributed by atoms with E-state index in [1.165, 1.54) is 43.5 Å². The van der Waals surface area contributed by atoms with Crippen LogP contribution >= 0.6 is 0 Å². The van der Waals surface area contributed by atoms with E-state index >= 15 is 0 Å². The van der Waals surface area contributed by atoms with Gasteiger partial charge >= 0.3 is 0 Å². The van der Waals surface area contributed by atoms with Crippen molar-refractivity contribution in [1.82, 2.24) is 15.2 Å². The predicted molar refractivity (Wildman–Crippen MR) is 82.4 cm³/mol. The summed E-state index contributed by atoms with van der Waals surface area (Å²) in [6.07, 6.45) is 7.70. The quantitative estimate of drug-likeness (QED) is 0.789. The summed E-state index contributed by atoms with van der Waals surface area (Å²) in [5.41, 5.74) is 2.51. The zero-order valence-electron chi connectivity index (χ0n) is 12.8. The predicted octanol–water partition coefficient (Wildman–Crippen LogP) is 2.95. The van der Waals surface area contributed by atoms with Gasteiger partial charge in [0.1, 0.15) is 0 Å². The van der Waals surface area contributed by atoms with Gasteiger partial charge in [0.05, 0.1) is 5.69 Å². The third-order valence-electron chi connectivity index (χ3n) is 4.22. The average molecular weight is 273 g/mol. The second-order valence-corrected chi connectivity index (χ2v) is 6.80. The van der Waals surface area contributed by atoms with Crippen molar-refractivity contribution in [3.05, 3.63) is 29.6 Å². The first-order valence-corrected chi connectivity index (χ1v) is 8.12. The van der Waals surface area contributed by atoms with Crippen molar-refractivity contribution in [2.45, 2.75) is 64.7 Å². The molecule has 0 aromatic carbocycles. The molecule has 2 aliphatic rings. The minimum atomic E-state index is 0.526. The molecule has 2 saturated carbocycles. The molecule has 3 nitrogen and oxygen atoms in total. The maximum Gasteiger partial charge on any atom is 0.0544 e. The molecular weight excluding hydrogens is 246 g/mol. The molecule has 0 atom stereocenters. The molecule has 1 aromatic rings. The van der Waals surface area contributed by atoms with Crippen LogP contribution in [0.4, 0.5) is 0 Å². The van der Waals surface area contributed by atoms with Gasteiger partial charge in [-0.3, -0.25) is 9.88 Å². The van der Waals surface area contributed by atoms with E-state index in [0.29, 0.717) is 6.04 Å². The van der Waals surface area contributed by atoms with E-state index in [9.17, 15) is 0 Å². The Morgan fingerprint density at radius 2 is 2.05 bits per heavy atom. The molecule has 1 N–H and O–H groups in total. The summed E-state index contributed by atoms with van der Waals surface area (Å²) in [5, 5.41) is 3.43. The number of aromatic nitrogens is 1. The van der Waals surface area contributed by atoms with E-state index < -0.39 is 0 Å². The average Bonchev–Trinajstić information content (AvgIpc) is 3.29. The fourth-order valence-corrected chi connectivity index (χ4v) is 2.60. The van der Waals surface area contributed by atoms with Crippen molar-refractivity contribution in [3.63, 3.8) is 0 Å². The molecule has 1 aromatic heterocycles. The van der Waals surface area contributed by atoms with E-state index in [4.69, 9.17) is 0 Å². The minimum Gasteiger partial charge on any atom is -0.310 e. The molecule has 0 radical (unpaired) electrons. The van der Waals surface area contributed by atoms with Gasteiger partial charge in [0, 0.05) is 37.9 Å². The molecule has 0 saturated heterocycles. The molecule has 0 amide bonds. The van der Waals surface area contributed by atoms with Crippen LogP contribution in [0.1, 0.15) is 50.8 Å². The zero-order valence-corrected chi connectivity index (χ0v) is 12.8. The van der Waals surface area contributed by atoms with Gasteiger partial charge in [0.15, 0.2) is 0 Å². The fraction of sp³-hybridized carbons (Fsp3) is 0.706. The number of pyridine rings is 1. The van der Waals surface area contributed by atoms with E-state index in [1.54, 1.807) is 0 Å². The monoisotopic (exact) mass is 273 g/mol. The van der Waals surface area contributed by atoms with Crippen LogP contribution in [-0.4, -0.2) is 28.5 Å². The van der Waals surface area contributed by atoms with Gasteiger partial charge in [0.25, 0.3) is 0 Å². The molecule has 0 unspecified atom stereocenters. The molecule has 2 fully saturated rings. The maximum atomic E-state index is 4.65. The maximum absolute atomic E-state index is 4.65. The van der Waals surface area contributed by atoms with Gasteiger partial charge in [-0.15, -0.1) is 0 Å². The summed E-state index contributed by atoms with van der Waals surface area (Å²) in [7, 11) is 0. The molecule has 0 bridgehead atoms. The third kappa shape index (κ3) is 4.29. The largest absolute Gasteiger partial charge is 0.310 e. The Morgan fingerprint density at radius 3 is 2.60 bits per heavy atom. The Morgan fingerprint density at radius 1 is 1.25 bits per heavy atom. The van der Waals surface area contributed by atoms with Crippen molar-refractivity contribution in [3.8, 4) is 0 Å². The summed E-state index contributed by atoms with van der Waals surface area (Å²) in [6, 6.07) is 5.80. The topological polar surface area (TPSA) is 28.2 Å². The number of nitrogens with one attached hydrogen (secondary N) is 1. The Bertz CT molecular complexity index is 418. The molecule has 0 spiro atoms. The van der Waals surface area contributed by atoms with Crippen molar-refractivity contribution in [1.29, 1.82) is 0 Å². The molecule has 2 aliphatic carbocycles. The van der Waals surface area contributed by atoms with Crippen LogP contribution in [-0.2, 0) is 13.1 Å². The summed E-state index contributed by atoms with van der Waals surface area (Å²) < 4.78 is 0. The van der Waals surface area contributed by atoms with E-state index in [-0.39, 0.29) is 0 Å². The first kappa shape index (κ1) is 14.0. The Labute approximate surface area is 122 Å². The molecule has 0 aliphatic heterocycles. The van der Waals surface area contributed by atoms with Crippen molar-refractivity contribution in [2.24, 2.45) is 5.92 Å². The number of rotatable bonds is 8. The lowest BCUT2D eigenvalue weighted by atomic mass is 10.2. The first-order chi connectivity index (χ1) is 9.70. The fourth-order valence-electron chi connectivity index (χ4n) is 2.60. The smallest absolute Gasteiger partial charge is 0.0544 e. The van der Waals surface area contributed by atoms with Crippen LogP contribution in [0.5, 0.6) is 0 Å². The highest BCUT2D eigenvalue weighted by atomic mass is 15.2. The van der Waals surface area contributed by atoms with Crippen LogP contribution in [0.3, 0.4) is 0 Å². The number of nitrogens with zero attached hydrogens (tertiary/aromatic N) is 2. The zero-order chi connectivity index (χ0) is 13.9. The highest BCUT2D eigenvalue weighted by Crippen LogP contribution is 2.35. The Hall–Kier alpha value is -0.930. The second-order valence-electron chi connectivity index (χ2n) is 6.80. The summed E-state index contributed by atoms with van der Waals surface area (Å²) in [6.45, 7) is 7.60. The molecule has 3 heteroatoms. The Kier molecular flexibility index (Phi) is 4.37. The van der Waals surface area contributed by atoms with Gasteiger partial charge in [-0.2, -0.15) is 0 Å². The van der Waals surface area contributed by atoms with Crippen LogP contribution in [0.15, 0.2) is 18.3 Å². The van der Waals surface area contributed by atoms with Gasteiger partial charge in [-0.25, -0.2) is 0 Å². The summed E-state index contributed by atoms with van der Waals surface area (Å²) in [4.78, 5) is 7.31. The highest BCUT2D eigenvalue weighted by Gasteiger charge is 2.33. The second kappa shape index (κ2) is 6.23. The van der Waals surface area contributed by atoms with Crippen molar-refractivity contribution < 1.29 is 0 Å². The van der Waals surface area contributed by atoms with Crippen molar-refractivity contribution >= 4 is 0 Å². The Balaban J connectivity index is 1.53. The van der Waals surface area contributed by atoms with Crippen LogP contribution in [0.2, 0.25) is 0 Å². The van der Waals surface area contributed by atoms with Gasteiger partial charge in [-0.1, -0.05) is 19.9 Å². The van der Waals surface area contributed by atoms with E-state index in [2.05, 4.69) is 41.2 Å². The third-order valence-corrected chi connectivity index (χ3v) is 4.22. The number of hydrogen-bond donors (Lipinski definition) is 1. The van der Waals surface area contributed by atoms with Gasteiger partial charge in [0.2, 0.25) is 0 Å². The lowest BCUT2D eigenvalue weighted by molar-refractivity contribution is 0.241. The highest BCUT2D eigenvalue weighted by molar-refractivity contribution is 5.14. The van der Waals surface area contributed by atoms with Crippen LogP contribution in [0.25, 0.3) is 0 Å². The molecule has 20 heavy (non-hydrogen) atoms. The molecule has 1 heterocycles. The van der Waals surface area contributed by atoms with Crippen LogP contribution < -0.4 is 5.32 Å². The normalized spacial score (nSPS) is 19.0. The summed E-state index contributed by atoms with van der Waals surface area (Å²) >= 11 is 0. The van der Waals surface area contributed by atoms with E-state index in [0.717, 1.165) is 25.0 Å². The van der Waals surface area contributed by atoms with Gasteiger partial charge < -0.3 is 5.32 Å². The SMILES string of the molecule is CC(C)NCc1ccc(CN(CC2CC2)C2CC2)nc1.